The summed E-state index contributed by atoms with van der Waals surface area (Å²) < 4.78 is 25.5. The summed E-state index contributed by atoms with van der Waals surface area (Å²) in [6.45, 7) is 9.59. The van der Waals surface area contributed by atoms with Crippen molar-refractivity contribution in [2.45, 2.75) is 57.2 Å². The molecule has 2 aromatic heterocycles. The predicted octanol–water partition coefficient (Wildman–Crippen LogP) is 4.80. The number of amides is 4. The minimum absolute atomic E-state index is 0.0994. The zero-order valence-corrected chi connectivity index (χ0v) is 39.7. The van der Waals surface area contributed by atoms with Gasteiger partial charge >= 0.3 is 0 Å². The Hall–Kier alpha value is -6.44. The van der Waals surface area contributed by atoms with Crippen molar-refractivity contribution >= 4 is 46.2 Å². The van der Waals surface area contributed by atoms with Gasteiger partial charge in [0.05, 0.1) is 62.7 Å². The molecule has 9 rings (SSSR count). The number of piperazine rings is 1. The van der Waals surface area contributed by atoms with Crippen LogP contribution in [-0.2, 0) is 30.3 Å². The van der Waals surface area contributed by atoms with E-state index in [-0.39, 0.29) is 29.5 Å². The number of carbonyl (C=O) groups is 4. The first-order valence-corrected chi connectivity index (χ1v) is 24.7. The molecule has 2 saturated heterocycles. The molecule has 1 aliphatic carbocycles. The number of nitrogen functional groups attached to an aromatic ring is 1. The van der Waals surface area contributed by atoms with E-state index in [9.17, 15) is 19.2 Å². The maximum Gasteiger partial charge on any atom is 0.264 e. The van der Waals surface area contributed by atoms with Crippen LogP contribution in [0.4, 0.5) is 11.5 Å². The zero-order valence-electron chi connectivity index (χ0n) is 39.7. The van der Waals surface area contributed by atoms with Crippen molar-refractivity contribution in [1.29, 1.82) is 0 Å². The van der Waals surface area contributed by atoms with E-state index >= 15 is 0 Å². The van der Waals surface area contributed by atoms with Gasteiger partial charge in [0.2, 0.25) is 11.8 Å². The molecule has 5 N–H and O–H groups in total. The van der Waals surface area contributed by atoms with Gasteiger partial charge < -0.3 is 45.2 Å². The number of ether oxygens (including phenoxy) is 4. The number of nitrogens with two attached hydrogens (primary N) is 1. The van der Waals surface area contributed by atoms with Gasteiger partial charge in [-0.3, -0.25) is 33.9 Å². The van der Waals surface area contributed by atoms with E-state index < -0.39 is 17.9 Å². The average molecular weight is 957 g/mol. The highest BCUT2D eigenvalue weighted by atomic mass is 16.5. The molecule has 1 saturated carbocycles. The largest absolute Gasteiger partial charge is 0.457 e. The van der Waals surface area contributed by atoms with Gasteiger partial charge in [-0.25, -0.2) is 9.97 Å². The number of carbonyl (C=O) groups excluding carboxylic acids is 4. The summed E-state index contributed by atoms with van der Waals surface area (Å²) in [5.74, 6) is 0.995. The molecule has 3 aromatic carbocycles. The second kappa shape index (κ2) is 23.4. The highest BCUT2D eigenvalue weighted by Crippen LogP contribution is 2.37. The molecule has 1 unspecified atom stereocenters. The normalized spacial score (nSPS) is 19.9. The Labute approximate surface area is 408 Å². The first-order valence-electron chi connectivity index (χ1n) is 24.7. The lowest BCUT2D eigenvalue weighted by Gasteiger charge is -2.42. The third kappa shape index (κ3) is 11.8. The smallest absolute Gasteiger partial charge is 0.264 e. The number of piperidine rings is 1. The van der Waals surface area contributed by atoms with Gasteiger partial charge in [0.1, 0.15) is 35.3 Å². The van der Waals surface area contributed by atoms with Crippen molar-refractivity contribution in [3.05, 3.63) is 96.4 Å². The number of hydrogen-bond acceptors (Lipinski definition) is 14. The van der Waals surface area contributed by atoms with E-state index in [2.05, 4.69) is 53.6 Å². The molecule has 0 spiro atoms. The number of rotatable bonds is 22. The highest BCUT2D eigenvalue weighted by molar-refractivity contribution is 6.25. The van der Waals surface area contributed by atoms with Crippen molar-refractivity contribution in [2.75, 3.05) is 103 Å². The molecule has 5 aromatic rings. The lowest BCUT2D eigenvalue weighted by atomic mass is 9.85. The van der Waals surface area contributed by atoms with Crippen molar-refractivity contribution in [3.8, 4) is 22.6 Å². The predicted molar refractivity (Wildman–Crippen MR) is 265 cm³/mol. The third-order valence-corrected chi connectivity index (χ3v) is 13.8. The van der Waals surface area contributed by atoms with Crippen LogP contribution in [0.2, 0.25) is 0 Å². The Morgan fingerprint density at radius 2 is 1.49 bits per heavy atom. The number of imide groups is 1. The fourth-order valence-electron chi connectivity index (χ4n) is 10.1. The molecule has 18 nitrogen and oxygen atoms in total. The quantitative estimate of drug-likeness (QED) is 0.0543. The van der Waals surface area contributed by atoms with Crippen molar-refractivity contribution in [1.82, 2.24) is 39.9 Å². The second-order valence-electron chi connectivity index (χ2n) is 18.3. The molecular weight excluding hydrogens is 893 g/mol. The topological polar surface area (TPSA) is 208 Å². The van der Waals surface area contributed by atoms with Gasteiger partial charge in [-0.05, 0) is 86.4 Å². The summed E-state index contributed by atoms with van der Waals surface area (Å²) in [4.78, 5) is 66.5. The molecule has 4 aliphatic rings. The molecule has 0 radical (unpaired) electrons. The number of nitrogens with one attached hydrogen (secondary N) is 3. The van der Waals surface area contributed by atoms with E-state index in [1.54, 1.807) is 24.5 Å². The summed E-state index contributed by atoms with van der Waals surface area (Å²) in [5.41, 5.74) is 10.2. The molecule has 5 heterocycles. The molecule has 4 amide bonds. The van der Waals surface area contributed by atoms with Gasteiger partial charge in [0, 0.05) is 75.8 Å². The standard InChI is InChI=1S/C52H64N10O8/c53-48-47-42(37-13-17-40(18-14-37)70-39-6-2-1-3-7-39)34-61(49(47)58-35-57-48)33-36-11-15-38(16-12-36)60-23-21-59(22-24-60)25-27-68-29-31-69-30-28-67-26-20-54-45(63)32-56-43-9-4-8-41-46(43)52(66)62(51(41)65)44-10-5-19-55-50(44)64/h1-4,6-9,13-14,17-18,34-36,38,44,56H,5,10-12,15-16,19-33H2,(H,54,63)(H,55,64)(H2,53,57,58). The van der Waals surface area contributed by atoms with E-state index in [0.717, 1.165) is 77.8 Å². The van der Waals surface area contributed by atoms with Crippen LogP contribution >= 0.6 is 0 Å². The Bertz CT molecular complexity index is 2580. The van der Waals surface area contributed by atoms with Crippen LogP contribution in [-0.4, -0.2) is 157 Å². The van der Waals surface area contributed by atoms with Gasteiger partial charge in [0.25, 0.3) is 11.8 Å². The lowest BCUT2D eigenvalue weighted by Crippen LogP contribution is -2.52. The number of anilines is 2. The SMILES string of the molecule is Nc1ncnc2c1c(-c1ccc(Oc3ccccc3)cc1)cn2CC1CCC(N2CCN(CCOCCOCCOCCNC(=O)CNc3cccc4c3C(=O)N(C3CCCNC3=O)C4=O)CC2)CC1. The van der Waals surface area contributed by atoms with Crippen LogP contribution in [0, 0.1) is 5.92 Å². The van der Waals surface area contributed by atoms with Gasteiger partial charge in [-0.15, -0.1) is 0 Å². The first kappa shape index (κ1) is 48.6. The fraction of sp³-hybridized carbons (Fsp3) is 0.462. The first-order chi connectivity index (χ1) is 34.3. The van der Waals surface area contributed by atoms with Crippen LogP contribution < -0.4 is 26.4 Å². The Kier molecular flexibility index (Phi) is 16.3. The fourth-order valence-corrected chi connectivity index (χ4v) is 10.1. The van der Waals surface area contributed by atoms with Crippen LogP contribution in [0.15, 0.2) is 85.3 Å². The molecule has 18 heteroatoms. The molecule has 0 bridgehead atoms. The van der Waals surface area contributed by atoms with Crippen LogP contribution in [0.3, 0.4) is 0 Å². The number of benzene rings is 3. The summed E-state index contributed by atoms with van der Waals surface area (Å²) in [5, 5.41) is 9.38. The monoisotopic (exact) mass is 956 g/mol. The third-order valence-electron chi connectivity index (χ3n) is 13.8. The van der Waals surface area contributed by atoms with Gasteiger partial charge in [-0.1, -0.05) is 36.4 Å². The summed E-state index contributed by atoms with van der Waals surface area (Å²) in [7, 11) is 0. The highest BCUT2D eigenvalue weighted by Gasteiger charge is 2.44. The summed E-state index contributed by atoms with van der Waals surface area (Å²) >= 11 is 0. The summed E-state index contributed by atoms with van der Waals surface area (Å²) in [6.07, 6.45) is 9.65. The summed E-state index contributed by atoms with van der Waals surface area (Å²) in [6, 6.07) is 22.6. The van der Waals surface area contributed by atoms with E-state index in [1.165, 1.54) is 25.7 Å². The Morgan fingerprint density at radius 1 is 0.757 bits per heavy atom. The van der Waals surface area contributed by atoms with Gasteiger partial charge in [0.15, 0.2) is 0 Å². The molecule has 3 aliphatic heterocycles. The average Bonchev–Trinajstić information content (AvgIpc) is 3.88. The maximum absolute atomic E-state index is 13.3. The van der Waals surface area contributed by atoms with Crippen LogP contribution in [0.1, 0.15) is 59.2 Å². The molecule has 370 valence electrons. The van der Waals surface area contributed by atoms with Crippen molar-refractivity contribution in [3.63, 3.8) is 0 Å². The van der Waals surface area contributed by atoms with Crippen LogP contribution in [0.5, 0.6) is 11.5 Å². The second-order valence-corrected chi connectivity index (χ2v) is 18.3. The number of fused-ring (bicyclic) bond motifs is 2. The minimum Gasteiger partial charge on any atom is -0.457 e. The Balaban J connectivity index is 0.597. The van der Waals surface area contributed by atoms with Crippen molar-refractivity contribution in [2.24, 2.45) is 5.92 Å². The number of nitrogens with zero attached hydrogens (tertiary/aromatic N) is 6. The van der Waals surface area contributed by atoms with E-state index in [4.69, 9.17) is 29.7 Å². The molecular formula is C52H64N10O8. The van der Waals surface area contributed by atoms with Crippen LogP contribution in [0.25, 0.3) is 22.2 Å². The molecule has 3 fully saturated rings. The van der Waals surface area contributed by atoms with E-state index in [1.807, 2.05) is 42.5 Å². The lowest BCUT2D eigenvalue weighted by molar-refractivity contribution is -0.126. The van der Waals surface area contributed by atoms with Gasteiger partial charge in [-0.2, -0.15) is 0 Å². The maximum atomic E-state index is 13.3. The zero-order chi connectivity index (χ0) is 48.2. The minimum atomic E-state index is -0.832. The van der Waals surface area contributed by atoms with Crippen molar-refractivity contribution < 1.29 is 38.1 Å². The molecule has 1 atom stereocenters. The van der Waals surface area contributed by atoms with E-state index in [0.29, 0.717) is 89.0 Å². The number of hydrogen-bond donors (Lipinski definition) is 4. The Morgan fingerprint density at radius 3 is 2.24 bits per heavy atom. The number of aromatic nitrogens is 3. The molecule has 70 heavy (non-hydrogen) atoms. The number of para-hydroxylation sites is 1.